The van der Waals surface area contributed by atoms with Gasteiger partial charge in [-0.05, 0) is 17.7 Å². The Morgan fingerprint density at radius 3 is 2.65 bits per heavy atom. The highest BCUT2D eigenvalue weighted by Crippen LogP contribution is 2.22. The lowest BCUT2D eigenvalue weighted by atomic mass is 10.1. The molecule has 4 aromatic rings. The molecule has 0 aliphatic rings. The van der Waals surface area contributed by atoms with Crippen molar-refractivity contribution in [2.45, 2.75) is 6.42 Å². The van der Waals surface area contributed by atoms with Gasteiger partial charge in [-0.25, -0.2) is 4.98 Å². The molecular formula is C17H13N3. The van der Waals surface area contributed by atoms with Crippen LogP contribution < -0.4 is 0 Å². The lowest BCUT2D eigenvalue weighted by molar-refractivity contribution is 1.04. The minimum Gasteiger partial charge on any atom is -0.342 e. The monoisotopic (exact) mass is 259 g/mol. The lowest BCUT2D eigenvalue weighted by Crippen LogP contribution is -1.89. The van der Waals surface area contributed by atoms with Crippen LogP contribution in [-0.4, -0.2) is 15.0 Å². The number of rotatable bonds is 2. The Morgan fingerprint density at radius 2 is 1.75 bits per heavy atom. The van der Waals surface area contributed by atoms with Crippen molar-refractivity contribution in [2.24, 2.45) is 0 Å². The van der Waals surface area contributed by atoms with Gasteiger partial charge in [0.05, 0.1) is 11.0 Å². The Bertz CT molecular complexity index is 878. The lowest BCUT2D eigenvalue weighted by Gasteiger charge is -1.96. The van der Waals surface area contributed by atoms with Crippen LogP contribution in [0.5, 0.6) is 0 Å². The maximum atomic E-state index is 4.72. The highest BCUT2D eigenvalue weighted by Gasteiger charge is 2.07. The van der Waals surface area contributed by atoms with Gasteiger partial charge in [0.2, 0.25) is 0 Å². The molecular weight excluding hydrogens is 246 g/mol. The summed E-state index contributed by atoms with van der Waals surface area (Å²) in [5, 5.41) is 1.12. The van der Waals surface area contributed by atoms with Gasteiger partial charge in [-0.15, -0.1) is 0 Å². The van der Waals surface area contributed by atoms with E-state index in [2.05, 4.69) is 52.4 Å². The van der Waals surface area contributed by atoms with E-state index in [1.807, 2.05) is 18.3 Å². The standard InChI is InChI=1S/C17H13N3/c1-2-5-12(6-3-1)11-15-19-14-9-8-13-7-4-10-18-16(13)17(14)20-15/h1-10H,11H2,(H,19,20). The van der Waals surface area contributed by atoms with Gasteiger partial charge < -0.3 is 4.98 Å². The molecule has 0 spiro atoms. The van der Waals surface area contributed by atoms with Crippen LogP contribution >= 0.6 is 0 Å². The highest BCUT2D eigenvalue weighted by molar-refractivity contribution is 6.01. The van der Waals surface area contributed by atoms with Gasteiger partial charge in [-0.1, -0.05) is 42.5 Å². The Hall–Kier alpha value is -2.68. The Morgan fingerprint density at radius 1 is 0.850 bits per heavy atom. The summed E-state index contributed by atoms with van der Waals surface area (Å²) in [5.41, 5.74) is 4.21. The minimum absolute atomic E-state index is 0.809. The van der Waals surface area contributed by atoms with Crippen LogP contribution in [0.3, 0.4) is 0 Å². The molecule has 0 aliphatic carbocycles. The summed E-state index contributed by atoms with van der Waals surface area (Å²) >= 11 is 0. The number of pyridine rings is 1. The third-order valence-electron chi connectivity index (χ3n) is 3.49. The normalized spacial score (nSPS) is 11.2. The first-order valence-electron chi connectivity index (χ1n) is 6.66. The van der Waals surface area contributed by atoms with Crippen molar-refractivity contribution < 1.29 is 0 Å². The second-order valence-corrected chi connectivity index (χ2v) is 4.88. The summed E-state index contributed by atoms with van der Waals surface area (Å²) in [6, 6.07) is 18.5. The van der Waals surface area contributed by atoms with Crippen LogP contribution in [0.15, 0.2) is 60.8 Å². The van der Waals surface area contributed by atoms with E-state index in [1.165, 1.54) is 5.56 Å². The predicted molar refractivity (Wildman–Crippen MR) is 80.6 cm³/mol. The number of aromatic amines is 1. The van der Waals surface area contributed by atoms with Gasteiger partial charge >= 0.3 is 0 Å². The highest BCUT2D eigenvalue weighted by atomic mass is 14.9. The first-order valence-corrected chi connectivity index (χ1v) is 6.66. The quantitative estimate of drug-likeness (QED) is 0.596. The average Bonchev–Trinajstić information content (AvgIpc) is 2.91. The summed E-state index contributed by atoms with van der Waals surface area (Å²) in [7, 11) is 0. The molecule has 0 saturated heterocycles. The Labute approximate surface area is 116 Å². The number of hydrogen-bond acceptors (Lipinski definition) is 2. The fourth-order valence-corrected chi connectivity index (χ4v) is 2.54. The molecule has 0 radical (unpaired) electrons. The van der Waals surface area contributed by atoms with Crippen LogP contribution in [0, 0.1) is 0 Å². The molecule has 0 fully saturated rings. The number of nitrogens with one attached hydrogen (secondary N) is 1. The van der Waals surface area contributed by atoms with Crippen molar-refractivity contribution >= 4 is 21.9 Å². The van der Waals surface area contributed by atoms with Gasteiger partial charge in [0.25, 0.3) is 0 Å². The largest absolute Gasteiger partial charge is 0.342 e. The molecule has 20 heavy (non-hydrogen) atoms. The summed E-state index contributed by atoms with van der Waals surface area (Å²) in [4.78, 5) is 12.6. The molecule has 0 saturated carbocycles. The molecule has 4 rings (SSSR count). The molecule has 0 amide bonds. The average molecular weight is 259 g/mol. The van der Waals surface area contributed by atoms with Crippen molar-refractivity contribution in [1.29, 1.82) is 0 Å². The van der Waals surface area contributed by atoms with Gasteiger partial charge in [0.15, 0.2) is 0 Å². The molecule has 0 bridgehead atoms. The zero-order valence-corrected chi connectivity index (χ0v) is 10.9. The Balaban J connectivity index is 1.84. The number of H-pyrrole nitrogens is 1. The first-order chi connectivity index (χ1) is 9.90. The van der Waals surface area contributed by atoms with Gasteiger partial charge in [-0.2, -0.15) is 0 Å². The molecule has 2 aromatic heterocycles. The van der Waals surface area contributed by atoms with Gasteiger partial charge in [0.1, 0.15) is 11.3 Å². The summed E-state index contributed by atoms with van der Waals surface area (Å²) in [6.07, 6.45) is 2.62. The smallest absolute Gasteiger partial charge is 0.115 e. The van der Waals surface area contributed by atoms with Crippen molar-refractivity contribution in [3.63, 3.8) is 0 Å². The number of benzene rings is 2. The molecule has 1 N–H and O–H groups in total. The minimum atomic E-state index is 0.809. The fraction of sp³-hybridized carbons (Fsp3) is 0.0588. The molecule has 3 nitrogen and oxygen atoms in total. The van der Waals surface area contributed by atoms with E-state index in [-0.39, 0.29) is 0 Å². The van der Waals surface area contributed by atoms with Crippen LogP contribution in [0.4, 0.5) is 0 Å². The molecule has 2 aromatic carbocycles. The predicted octanol–water partition coefficient (Wildman–Crippen LogP) is 3.70. The maximum absolute atomic E-state index is 4.72. The van der Waals surface area contributed by atoms with E-state index in [4.69, 9.17) is 4.98 Å². The molecule has 2 heterocycles. The molecule has 0 aliphatic heterocycles. The summed E-state index contributed by atoms with van der Waals surface area (Å²) in [6.45, 7) is 0. The summed E-state index contributed by atoms with van der Waals surface area (Å²) in [5.74, 6) is 0.976. The molecule has 0 unspecified atom stereocenters. The maximum Gasteiger partial charge on any atom is 0.115 e. The van der Waals surface area contributed by atoms with Crippen LogP contribution in [0.25, 0.3) is 21.9 Å². The third-order valence-corrected chi connectivity index (χ3v) is 3.49. The van der Waals surface area contributed by atoms with E-state index in [1.54, 1.807) is 0 Å². The second kappa shape index (κ2) is 4.46. The second-order valence-electron chi connectivity index (χ2n) is 4.88. The third kappa shape index (κ3) is 1.84. The fourth-order valence-electron chi connectivity index (χ4n) is 2.54. The number of imidazole rings is 1. The molecule has 96 valence electrons. The Kier molecular flexibility index (Phi) is 2.49. The van der Waals surface area contributed by atoms with Crippen molar-refractivity contribution in [3.05, 3.63) is 72.2 Å². The number of nitrogens with zero attached hydrogens (tertiary/aromatic N) is 2. The van der Waals surface area contributed by atoms with Crippen LogP contribution in [0.2, 0.25) is 0 Å². The zero-order chi connectivity index (χ0) is 13.4. The van der Waals surface area contributed by atoms with E-state index >= 15 is 0 Å². The number of fused-ring (bicyclic) bond motifs is 3. The van der Waals surface area contributed by atoms with Crippen LogP contribution in [-0.2, 0) is 6.42 Å². The number of hydrogen-bond donors (Lipinski definition) is 1. The van der Waals surface area contributed by atoms with E-state index in [0.717, 1.165) is 34.2 Å². The zero-order valence-electron chi connectivity index (χ0n) is 10.9. The molecule has 0 atom stereocenters. The summed E-state index contributed by atoms with van der Waals surface area (Å²) < 4.78 is 0. The van der Waals surface area contributed by atoms with Crippen molar-refractivity contribution in [1.82, 2.24) is 15.0 Å². The van der Waals surface area contributed by atoms with Crippen LogP contribution in [0.1, 0.15) is 11.4 Å². The molecule has 3 heteroatoms. The topological polar surface area (TPSA) is 41.6 Å². The van der Waals surface area contributed by atoms with E-state index in [9.17, 15) is 0 Å². The SMILES string of the molecule is c1ccc(Cc2nc3c(ccc4cccnc43)[nH]2)cc1. The number of aromatic nitrogens is 3. The van der Waals surface area contributed by atoms with Crippen molar-refractivity contribution in [2.75, 3.05) is 0 Å². The van der Waals surface area contributed by atoms with E-state index in [0.29, 0.717) is 0 Å². The van der Waals surface area contributed by atoms with Gasteiger partial charge in [-0.3, -0.25) is 4.98 Å². The van der Waals surface area contributed by atoms with Crippen molar-refractivity contribution in [3.8, 4) is 0 Å². The first kappa shape index (κ1) is 11.2. The van der Waals surface area contributed by atoms with Gasteiger partial charge in [0, 0.05) is 18.0 Å². The van der Waals surface area contributed by atoms with E-state index < -0.39 is 0 Å².